The fourth-order valence-electron chi connectivity index (χ4n) is 3.81. The molecule has 2 heteroatoms. The van der Waals surface area contributed by atoms with Crippen LogP contribution in [0.1, 0.15) is 23.5 Å². The quantitative estimate of drug-likeness (QED) is 0.831. The van der Waals surface area contributed by atoms with Crippen molar-refractivity contribution in [3.63, 3.8) is 0 Å². The Morgan fingerprint density at radius 1 is 0.952 bits per heavy atom. The highest BCUT2D eigenvalue weighted by atomic mass is 16.5. The zero-order valence-corrected chi connectivity index (χ0v) is 12.2. The summed E-state index contributed by atoms with van der Waals surface area (Å²) in [7, 11) is 0. The van der Waals surface area contributed by atoms with Gasteiger partial charge in [0.05, 0.1) is 6.61 Å². The van der Waals surface area contributed by atoms with E-state index in [1.807, 2.05) is 0 Å². The maximum atomic E-state index is 5.92. The van der Waals surface area contributed by atoms with E-state index in [1.165, 1.54) is 24.1 Å². The van der Waals surface area contributed by atoms with Crippen LogP contribution in [0.15, 0.2) is 54.6 Å². The van der Waals surface area contributed by atoms with Crippen LogP contribution in [0.4, 0.5) is 0 Å². The van der Waals surface area contributed by atoms with E-state index in [1.54, 1.807) is 0 Å². The zero-order valence-electron chi connectivity index (χ0n) is 12.2. The first-order chi connectivity index (χ1) is 10.4. The van der Waals surface area contributed by atoms with Gasteiger partial charge in [-0.15, -0.1) is 0 Å². The molecule has 21 heavy (non-hydrogen) atoms. The van der Waals surface area contributed by atoms with E-state index >= 15 is 0 Å². The van der Waals surface area contributed by atoms with Gasteiger partial charge in [0.15, 0.2) is 0 Å². The van der Waals surface area contributed by atoms with Gasteiger partial charge in [-0.2, -0.15) is 0 Å². The van der Waals surface area contributed by atoms with Crippen molar-refractivity contribution in [1.82, 2.24) is 4.90 Å². The van der Waals surface area contributed by atoms with Gasteiger partial charge in [-0.3, -0.25) is 4.90 Å². The van der Waals surface area contributed by atoms with Gasteiger partial charge in [0.1, 0.15) is 5.75 Å². The minimum absolute atomic E-state index is 0.632. The average molecular weight is 279 g/mol. The molecule has 0 amide bonds. The highest BCUT2D eigenvalue weighted by Crippen LogP contribution is 2.41. The van der Waals surface area contributed by atoms with Crippen LogP contribution in [0.2, 0.25) is 0 Å². The van der Waals surface area contributed by atoms with Crippen LogP contribution in [0.25, 0.3) is 0 Å². The van der Waals surface area contributed by atoms with Gasteiger partial charge in [0, 0.05) is 25.6 Å². The number of fused-ring (bicyclic) bond motifs is 3. The lowest BCUT2D eigenvalue weighted by atomic mass is 9.87. The number of benzene rings is 2. The van der Waals surface area contributed by atoms with Gasteiger partial charge in [-0.1, -0.05) is 48.5 Å². The summed E-state index contributed by atoms with van der Waals surface area (Å²) in [4.78, 5) is 2.60. The molecule has 0 unspecified atom stereocenters. The molecule has 0 radical (unpaired) electrons. The van der Waals surface area contributed by atoms with Crippen molar-refractivity contribution in [2.75, 3.05) is 19.7 Å². The molecule has 2 aromatic carbocycles. The third kappa shape index (κ3) is 2.56. The van der Waals surface area contributed by atoms with Crippen molar-refractivity contribution in [3.8, 4) is 5.75 Å². The molecule has 0 saturated carbocycles. The largest absolute Gasteiger partial charge is 0.493 e. The predicted octanol–water partition coefficient (Wildman–Crippen LogP) is 3.68. The molecule has 2 atom stereocenters. The summed E-state index contributed by atoms with van der Waals surface area (Å²) in [5.74, 6) is 2.47. The molecule has 0 bridgehead atoms. The molecule has 2 aliphatic rings. The first kappa shape index (κ1) is 12.9. The Morgan fingerprint density at radius 3 is 2.67 bits per heavy atom. The van der Waals surface area contributed by atoms with Crippen molar-refractivity contribution < 1.29 is 4.74 Å². The van der Waals surface area contributed by atoms with Crippen molar-refractivity contribution in [1.29, 1.82) is 0 Å². The van der Waals surface area contributed by atoms with Gasteiger partial charge >= 0.3 is 0 Å². The molecule has 1 saturated heterocycles. The van der Waals surface area contributed by atoms with Gasteiger partial charge in [0.25, 0.3) is 0 Å². The van der Waals surface area contributed by atoms with Crippen molar-refractivity contribution in [3.05, 3.63) is 65.7 Å². The average Bonchev–Trinajstić information content (AvgIpc) is 2.83. The Hall–Kier alpha value is -1.80. The SMILES string of the molecule is c1ccc(CN2C[C@@H]3CCOc4ccccc4[C@H]3C2)cc1. The predicted molar refractivity (Wildman–Crippen MR) is 84.5 cm³/mol. The smallest absolute Gasteiger partial charge is 0.122 e. The van der Waals surface area contributed by atoms with Gasteiger partial charge in [0.2, 0.25) is 0 Å². The third-order valence-corrected chi connectivity index (χ3v) is 4.83. The lowest BCUT2D eigenvalue weighted by Crippen LogP contribution is -2.21. The Labute approximate surface area is 126 Å². The molecule has 0 aromatic heterocycles. The summed E-state index contributed by atoms with van der Waals surface area (Å²) in [6.07, 6.45) is 1.17. The van der Waals surface area contributed by atoms with Crippen LogP contribution in [0, 0.1) is 5.92 Å². The maximum Gasteiger partial charge on any atom is 0.122 e. The molecule has 2 aliphatic heterocycles. The molecule has 0 spiro atoms. The van der Waals surface area contributed by atoms with E-state index < -0.39 is 0 Å². The van der Waals surface area contributed by atoms with Gasteiger partial charge in [-0.25, -0.2) is 0 Å². The fraction of sp³-hybridized carbons (Fsp3) is 0.368. The van der Waals surface area contributed by atoms with Crippen LogP contribution in [-0.2, 0) is 6.54 Å². The molecule has 2 nitrogen and oxygen atoms in total. The summed E-state index contributed by atoms with van der Waals surface area (Å²) in [6, 6.07) is 19.4. The summed E-state index contributed by atoms with van der Waals surface area (Å²) in [5, 5.41) is 0. The van der Waals surface area contributed by atoms with Gasteiger partial charge in [-0.05, 0) is 29.5 Å². The van der Waals surface area contributed by atoms with E-state index in [0.29, 0.717) is 5.92 Å². The summed E-state index contributed by atoms with van der Waals surface area (Å²) in [5.41, 5.74) is 2.83. The Bertz CT molecular complexity index is 610. The normalized spacial score (nSPS) is 24.8. The number of rotatable bonds is 2. The fourth-order valence-corrected chi connectivity index (χ4v) is 3.81. The molecule has 0 N–H and O–H groups in total. The van der Waals surface area contributed by atoms with Crippen LogP contribution in [0.5, 0.6) is 5.75 Å². The van der Waals surface area contributed by atoms with Crippen molar-refractivity contribution >= 4 is 0 Å². The lowest BCUT2D eigenvalue weighted by molar-refractivity contribution is 0.271. The number of likely N-dealkylation sites (tertiary alicyclic amines) is 1. The monoisotopic (exact) mass is 279 g/mol. The number of nitrogens with zero attached hydrogens (tertiary/aromatic N) is 1. The van der Waals surface area contributed by atoms with Gasteiger partial charge < -0.3 is 4.74 Å². The van der Waals surface area contributed by atoms with Crippen molar-refractivity contribution in [2.24, 2.45) is 5.92 Å². The lowest BCUT2D eigenvalue weighted by Gasteiger charge is -2.17. The summed E-state index contributed by atoms with van der Waals surface area (Å²) >= 11 is 0. The van der Waals surface area contributed by atoms with E-state index in [2.05, 4.69) is 59.5 Å². The second kappa shape index (κ2) is 5.53. The molecule has 2 heterocycles. The molecule has 0 aliphatic carbocycles. The van der Waals surface area contributed by atoms with Crippen LogP contribution >= 0.6 is 0 Å². The number of ether oxygens (including phenoxy) is 1. The molecule has 4 rings (SSSR count). The minimum atomic E-state index is 0.632. The van der Waals surface area contributed by atoms with E-state index in [9.17, 15) is 0 Å². The standard InChI is InChI=1S/C19H21NO/c1-2-6-15(7-3-1)12-20-13-16-10-11-21-19-9-5-4-8-17(19)18(16)14-20/h1-9,16,18H,10-14H2/t16-,18-/m0/s1. The Kier molecular flexibility index (Phi) is 3.40. The molecule has 1 fully saturated rings. The van der Waals surface area contributed by atoms with Crippen molar-refractivity contribution in [2.45, 2.75) is 18.9 Å². The third-order valence-electron chi connectivity index (χ3n) is 4.83. The number of hydrogen-bond donors (Lipinski definition) is 0. The second-order valence-electron chi connectivity index (χ2n) is 6.22. The Morgan fingerprint density at radius 2 is 1.76 bits per heavy atom. The number of para-hydroxylation sites is 1. The Balaban J connectivity index is 1.55. The van der Waals surface area contributed by atoms with E-state index in [-0.39, 0.29) is 0 Å². The summed E-state index contributed by atoms with van der Waals surface area (Å²) in [6.45, 7) is 4.27. The molecular weight excluding hydrogens is 258 g/mol. The van der Waals surface area contributed by atoms with E-state index in [0.717, 1.165) is 31.4 Å². The second-order valence-corrected chi connectivity index (χ2v) is 6.22. The highest BCUT2D eigenvalue weighted by molar-refractivity contribution is 5.38. The first-order valence-electron chi connectivity index (χ1n) is 7.88. The minimum Gasteiger partial charge on any atom is -0.493 e. The van der Waals surface area contributed by atoms with E-state index in [4.69, 9.17) is 4.74 Å². The molecule has 2 aromatic rings. The molecular formula is C19H21NO. The molecule has 108 valence electrons. The van der Waals surface area contributed by atoms with Crippen LogP contribution < -0.4 is 4.74 Å². The number of hydrogen-bond acceptors (Lipinski definition) is 2. The summed E-state index contributed by atoms with van der Waals surface area (Å²) < 4.78 is 5.92. The topological polar surface area (TPSA) is 12.5 Å². The zero-order chi connectivity index (χ0) is 14.1. The first-order valence-corrected chi connectivity index (χ1v) is 7.88. The maximum absolute atomic E-state index is 5.92. The van der Waals surface area contributed by atoms with Crippen LogP contribution in [0.3, 0.4) is 0 Å². The van der Waals surface area contributed by atoms with Crippen LogP contribution in [-0.4, -0.2) is 24.6 Å². The highest BCUT2D eigenvalue weighted by Gasteiger charge is 2.36.